The third-order valence-corrected chi connectivity index (χ3v) is 4.29. The van der Waals surface area contributed by atoms with Crippen molar-refractivity contribution in [3.05, 3.63) is 39.5 Å². The largest absolute Gasteiger partial charge is 0.494 e. The van der Waals surface area contributed by atoms with Crippen molar-refractivity contribution >= 4 is 46.8 Å². The van der Waals surface area contributed by atoms with Crippen molar-refractivity contribution in [3.63, 3.8) is 0 Å². The zero-order valence-electron chi connectivity index (χ0n) is 13.9. The van der Waals surface area contributed by atoms with Gasteiger partial charge in [-0.05, 0) is 30.9 Å². The van der Waals surface area contributed by atoms with Gasteiger partial charge in [0.25, 0.3) is 0 Å². The number of thioether (sulfide) groups is 1. The molecule has 1 heterocycles. The molecule has 134 valence electrons. The van der Waals surface area contributed by atoms with Gasteiger partial charge in [-0.25, -0.2) is 14.8 Å². The second-order valence-corrected chi connectivity index (χ2v) is 6.37. The molecule has 0 atom stereocenters. The lowest BCUT2D eigenvalue weighted by Crippen LogP contribution is -2.12. The summed E-state index contributed by atoms with van der Waals surface area (Å²) in [6.45, 7) is 2.37. The molecule has 9 heteroatoms. The molecule has 0 unspecified atom stereocenters. The molecule has 0 aliphatic carbocycles. The van der Waals surface area contributed by atoms with Crippen LogP contribution in [0.2, 0.25) is 10.0 Å². The minimum atomic E-state index is -0.483. The minimum Gasteiger partial charge on any atom is -0.494 e. The number of halogens is 2. The zero-order valence-corrected chi connectivity index (χ0v) is 16.3. The van der Waals surface area contributed by atoms with Crippen molar-refractivity contribution in [2.75, 3.05) is 25.3 Å². The normalized spacial score (nSPS) is 10.4. The van der Waals surface area contributed by atoms with Crippen LogP contribution in [0.1, 0.15) is 22.8 Å². The molecule has 1 aromatic heterocycles. The van der Waals surface area contributed by atoms with Crippen molar-refractivity contribution in [1.82, 2.24) is 9.97 Å². The molecule has 0 saturated heterocycles. The summed E-state index contributed by atoms with van der Waals surface area (Å²) in [5, 5.41) is 4.47. The number of carbonyl (C=O) groups is 1. The maximum absolute atomic E-state index is 12.1. The van der Waals surface area contributed by atoms with Gasteiger partial charge in [0, 0.05) is 12.7 Å². The van der Waals surface area contributed by atoms with Crippen LogP contribution in [0.5, 0.6) is 5.75 Å². The number of ether oxygens (including phenoxy) is 2. The van der Waals surface area contributed by atoms with E-state index in [4.69, 9.17) is 32.7 Å². The highest BCUT2D eigenvalue weighted by atomic mass is 35.5. The van der Waals surface area contributed by atoms with Gasteiger partial charge in [-0.15, -0.1) is 0 Å². The second kappa shape index (κ2) is 9.12. The standard InChI is InChI=1S/C16H17Cl2N3O3S/c1-4-24-15(22)10-8-20-16(25-3)21-14(10)19-7-9-5-11(17)13(23-2)12(18)6-9/h5-6,8H,4,7H2,1-3H3,(H,19,20,21). The molecule has 0 saturated carbocycles. The Morgan fingerprint density at radius 3 is 2.56 bits per heavy atom. The molecule has 0 aliphatic rings. The number of methoxy groups -OCH3 is 1. The number of rotatable bonds is 7. The molecule has 6 nitrogen and oxygen atoms in total. The lowest BCUT2D eigenvalue weighted by Gasteiger charge is -2.12. The molecule has 2 aromatic rings. The molecule has 25 heavy (non-hydrogen) atoms. The van der Waals surface area contributed by atoms with Crippen LogP contribution in [0.3, 0.4) is 0 Å². The number of aromatic nitrogens is 2. The second-order valence-electron chi connectivity index (χ2n) is 4.79. The third kappa shape index (κ3) is 4.90. The number of nitrogens with one attached hydrogen (secondary N) is 1. The first-order valence-corrected chi connectivity index (χ1v) is 9.32. The van der Waals surface area contributed by atoms with E-state index in [1.807, 2.05) is 6.26 Å². The number of carbonyl (C=O) groups excluding carboxylic acids is 1. The Morgan fingerprint density at radius 2 is 2.00 bits per heavy atom. The van der Waals surface area contributed by atoms with E-state index in [0.717, 1.165) is 5.56 Å². The monoisotopic (exact) mass is 401 g/mol. The Labute approximate surface area is 160 Å². The molecular weight excluding hydrogens is 385 g/mol. The molecule has 0 fully saturated rings. The number of benzene rings is 1. The van der Waals surface area contributed by atoms with Crippen LogP contribution in [0.15, 0.2) is 23.5 Å². The van der Waals surface area contributed by atoms with Crippen LogP contribution in [-0.2, 0) is 11.3 Å². The Morgan fingerprint density at radius 1 is 1.32 bits per heavy atom. The van der Waals surface area contributed by atoms with Gasteiger partial charge in [-0.1, -0.05) is 35.0 Å². The average Bonchev–Trinajstić information content (AvgIpc) is 2.59. The molecule has 1 N–H and O–H groups in total. The Hall–Kier alpha value is -1.70. The van der Waals surface area contributed by atoms with Gasteiger partial charge >= 0.3 is 5.97 Å². The summed E-state index contributed by atoms with van der Waals surface area (Å²) in [4.78, 5) is 20.5. The SMILES string of the molecule is CCOC(=O)c1cnc(SC)nc1NCc1cc(Cl)c(OC)c(Cl)c1. The number of esters is 1. The lowest BCUT2D eigenvalue weighted by molar-refractivity contribution is 0.0526. The molecule has 0 spiro atoms. The summed E-state index contributed by atoms with van der Waals surface area (Å²) >= 11 is 13.7. The van der Waals surface area contributed by atoms with Gasteiger partial charge in [0.1, 0.15) is 11.4 Å². The van der Waals surface area contributed by atoms with E-state index in [1.54, 1.807) is 19.1 Å². The van der Waals surface area contributed by atoms with Gasteiger partial charge in [0.15, 0.2) is 10.9 Å². The summed E-state index contributed by atoms with van der Waals surface area (Å²) in [7, 11) is 1.50. The van der Waals surface area contributed by atoms with Crippen LogP contribution in [-0.4, -0.2) is 35.9 Å². The third-order valence-electron chi connectivity index (χ3n) is 3.17. The quantitative estimate of drug-likeness (QED) is 0.420. The summed E-state index contributed by atoms with van der Waals surface area (Å²) in [6, 6.07) is 3.47. The highest BCUT2D eigenvalue weighted by molar-refractivity contribution is 7.98. The molecular formula is C16H17Cl2N3O3S. The highest BCUT2D eigenvalue weighted by Gasteiger charge is 2.16. The first-order valence-electron chi connectivity index (χ1n) is 7.34. The fourth-order valence-electron chi connectivity index (χ4n) is 2.05. The van der Waals surface area contributed by atoms with Gasteiger partial charge < -0.3 is 14.8 Å². The summed E-state index contributed by atoms with van der Waals surface area (Å²) < 4.78 is 10.2. The molecule has 0 bridgehead atoms. The Bertz CT molecular complexity index is 751. The Balaban J connectivity index is 2.26. The van der Waals surface area contributed by atoms with Gasteiger partial charge in [0.05, 0.1) is 23.8 Å². The van der Waals surface area contributed by atoms with Gasteiger partial charge in [-0.2, -0.15) is 0 Å². The topological polar surface area (TPSA) is 73.3 Å². The smallest absolute Gasteiger partial charge is 0.343 e. The van der Waals surface area contributed by atoms with Crippen LogP contribution in [0.25, 0.3) is 0 Å². The average molecular weight is 402 g/mol. The van der Waals surface area contributed by atoms with Gasteiger partial charge in [-0.3, -0.25) is 0 Å². The fourth-order valence-corrected chi connectivity index (χ4v) is 3.08. The predicted molar refractivity (Wildman–Crippen MR) is 100 cm³/mol. The van der Waals surface area contributed by atoms with Crippen LogP contribution in [0.4, 0.5) is 5.82 Å². The zero-order chi connectivity index (χ0) is 18.4. The summed E-state index contributed by atoms with van der Waals surface area (Å²) in [5.41, 5.74) is 1.08. The van der Waals surface area contributed by atoms with E-state index in [9.17, 15) is 4.79 Å². The first-order chi connectivity index (χ1) is 12.0. The maximum Gasteiger partial charge on any atom is 0.343 e. The number of anilines is 1. The number of nitrogens with zero attached hydrogens (tertiary/aromatic N) is 2. The molecule has 1 aromatic carbocycles. The van der Waals surface area contributed by atoms with E-state index in [2.05, 4.69) is 15.3 Å². The van der Waals surface area contributed by atoms with Crippen molar-refractivity contribution in [2.45, 2.75) is 18.6 Å². The predicted octanol–water partition coefficient (Wildman–Crippen LogP) is 4.30. The molecule has 2 rings (SSSR count). The number of hydrogen-bond acceptors (Lipinski definition) is 7. The molecule has 0 radical (unpaired) electrons. The van der Waals surface area contributed by atoms with E-state index < -0.39 is 5.97 Å². The van der Waals surface area contributed by atoms with E-state index >= 15 is 0 Å². The Kier molecular flexibility index (Phi) is 7.16. The van der Waals surface area contributed by atoms with Crippen molar-refractivity contribution in [3.8, 4) is 5.75 Å². The molecule has 0 aliphatic heterocycles. The first kappa shape index (κ1) is 19.6. The lowest BCUT2D eigenvalue weighted by atomic mass is 10.2. The summed E-state index contributed by atoms with van der Waals surface area (Å²) in [5.74, 6) is 0.329. The van der Waals surface area contributed by atoms with Crippen LogP contribution < -0.4 is 10.1 Å². The van der Waals surface area contributed by atoms with E-state index in [-0.39, 0.29) is 12.2 Å². The highest BCUT2D eigenvalue weighted by Crippen LogP contribution is 2.34. The van der Waals surface area contributed by atoms with Crippen molar-refractivity contribution < 1.29 is 14.3 Å². The van der Waals surface area contributed by atoms with E-state index in [0.29, 0.717) is 33.3 Å². The summed E-state index contributed by atoms with van der Waals surface area (Å²) in [6.07, 6.45) is 3.30. The number of hydrogen-bond donors (Lipinski definition) is 1. The minimum absolute atomic E-state index is 0.269. The van der Waals surface area contributed by atoms with Crippen LogP contribution >= 0.6 is 35.0 Å². The van der Waals surface area contributed by atoms with Crippen molar-refractivity contribution in [1.29, 1.82) is 0 Å². The van der Waals surface area contributed by atoms with Crippen LogP contribution in [0, 0.1) is 0 Å². The molecule has 0 amide bonds. The van der Waals surface area contributed by atoms with Gasteiger partial charge in [0.2, 0.25) is 0 Å². The van der Waals surface area contributed by atoms with E-state index in [1.165, 1.54) is 25.1 Å². The van der Waals surface area contributed by atoms with Crippen molar-refractivity contribution in [2.24, 2.45) is 0 Å². The fraction of sp³-hybridized carbons (Fsp3) is 0.312. The maximum atomic E-state index is 12.1.